The molecule has 4 aromatic rings. The van der Waals surface area contributed by atoms with Crippen molar-refractivity contribution in [1.29, 1.82) is 0 Å². The summed E-state index contributed by atoms with van der Waals surface area (Å²) >= 11 is 0. The fourth-order valence-electron chi connectivity index (χ4n) is 5.40. The van der Waals surface area contributed by atoms with Crippen molar-refractivity contribution in [3.05, 3.63) is 59.7 Å². The van der Waals surface area contributed by atoms with Crippen molar-refractivity contribution in [3.63, 3.8) is 0 Å². The highest BCUT2D eigenvalue weighted by Gasteiger charge is 2.43. The summed E-state index contributed by atoms with van der Waals surface area (Å²) < 4.78 is 89.9. The molecule has 6 rings (SSSR count). The highest BCUT2D eigenvalue weighted by atomic mass is 19.4. The molecule has 3 heterocycles. The Balaban J connectivity index is 0.000000582. The van der Waals surface area contributed by atoms with Gasteiger partial charge < -0.3 is 34.4 Å². The van der Waals surface area contributed by atoms with Crippen LogP contribution in [-0.2, 0) is 15.8 Å². The number of carboxylic acid groups (broad SMARTS) is 2. The average Bonchev–Trinajstić information content (AvgIpc) is 3.71. The van der Waals surface area contributed by atoms with E-state index in [-0.39, 0.29) is 41.7 Å². The van der Waals surface area contributed by atoms with E-state index in [2.05, 4.69) is 20.6 Å². The van der Waals surface area contributed by atoms with Crippen molar-refractivity contribution in [2.24, 2.45) is 5.92 Å². The molecule has 18 heteroatoms. The highest BCUT2D eigenvalue weighted by molar-refractivity contribution is 5.73. The van der Waals surface area contributed by atoms with Crippen molar-refractivity contribution in [2.75, 3.05) is 6.61 Å². The fraction of sp³-hybridized carbons (Fsp3) is 0.367. The van der Waals surface area contributed by atoms with Gasteiger partial charge in [0.05, 0.1) is 12.0 Å². The van der Waals surface area contributed by atoms with Gasteiger partial charge in [0.1, 0.15) is 29.7 Å². The molecule has 1 aliphatic heterocycles. The van der Waals surface area contributed by atoms with Crippen LogP contribution in [0.2, 0.25) is 0 Å². The van der Waals surface area contributed by atoms with Crippen LogP contribution < -0.4 is 10.1 Å². The van der Waals surface area contributed by atoms with Gasteiger partial charge in [-0.3, -0.25) is 4.79 Å². The molecule has 1 fully saturated rings. The van der Waals surface area contributed by atoms with E-state index >= 15 is 0 Å². The van der Waals surface area contributed by atoms with E-state index in [4.69, 9.17) is 23.7 Å². The number of aliphatic carboxylic acids is 2. The molecule has 1 aliphatic carbocycles. The van der Waals surface area contributed by atoms with Crippen LogP contribution >= 0.6 is 0 Å². The van der Waals surface area contributed by atoms with Crippen molar-refractivity contribution < 1.29 is 65.0 Å². The molecule has 1 saturated carbocycles. The summed E-state index contributed by atoms with van der Waals surface area (Å²) in [5.74, 6) is -4.65. The molecule has 256 valence electrons. The lowest BCUT2D eigenvalue weighted by atomic mass is 9.85. The molecule has 4 N–H and O–H groups in total. The Morgan fingerprint density at radius 2 is 1.54 bits per heavy atom. The number of benzene rings is 2. The number of aromatic nitrogens is 3. The Labute approximate surface area is 266 Å². The molecule has 2 aromatic heterocycles. The summed E-state index contributed by atoms with van der Waals surface area (Å²) in [5.41, 5.74) is -0.350. The van der Waals surface area contributed by atoms with E-state index in [1.54, 1.807) is 36.4 Å². The van der Waals surface area contributed by atoms with Gasteiger partial charge >= 0.3 is 24.3 Å². The summed E-state index contributed by atoms with van der Waals surface area (Å²) in [5, 5.41) is 38.2. The fourth-order valence-corrected chi connectivity index (χ4v) is 5.40. The summed E-state index contributed by atoms with van der Waals surface area (Å²) in [7, 11) is 0. The molecule has 2 unspecified atom stereocenters. The minimum absolute atomic E-state index is 0.00196. The summed E-state index contributed by atoms with van der Waals surface area (Å²) in [6, 6.07) is 12.4. The first-order chi connectivity index (χ1) is 22.6. The molecule has 0 spiro atoms. The third-order valence-electron chi connectivity index (χ3n) is 7.80. The van der Waals surface area contributed by atoms with E-state index in [0.29, 0.717) is 42.6 Å². The van der Waals surface area contributed by atoms with Crippen molar-refractivity contribution in [1.82, 2.24) is 20.6 Å². The predicted molar refractivity (Wildman–Crippen MR) is 150 cm³/mol. The predicted octanol–water partition coefficient (Wildman–Crippen LogP) is 5.74. The maximum Gasteiger partial charge on any atom is 0.490 e. The number of carboxylic acids is 2. The van der Waals surface area contributed by atoms with Gasteiger partial charge in [-0.2, -0.15) is 31.3 Å². The van der Waals surface area contributed by atoms with Crippen LogP contribution in [0.25, 0.3) is 34.3 Å². The number of nitrogens with one attached hydrogen (secondary N) is 1. The third-order valence-corrected chi connectivity index (χ3v) is 7.80. The molecule has 0 bridgehead atoms. The number of carbonyl (C=O) groups is 2. The minimum atomic E-state index is -5.08. The number of rotatable bonds is 6. The maximum atomic E-state index is 14.0. The quantitative estimate of drug-likeness (QED) is 0.181. The van der Waals surface area contributed by atoms with Crippen LogP contribution in [0, 0.1) is 5.92 Å². The minimum Gasteiger partial charge on any atom is -0.491 e. The van der Waals surface area contributed by atoms with Crippen LogP contribution in [-0.4, -0.2) is 67.4 Å². The van der Waals surface area contributed by atoms with Gasteiger partial charge in [-0.25, -0.2) is 4.79 Å². The van der Waals surface area contributed by atoms with Crippen molar-refractivity contribution >= 4 is 11.9 Å². The molecule has 2 aliphatic rings. The zero-order valence-electron chi connectivity index (χ0n) is 24.5. The molecule has 0 saturated heterocycles. The molecule has 12 nitrogen and oxygen atoms in total. The van der Waals surface area contributed by atoms with E-state index in [1.807, 2.05) is 0 Å². The molecular formula is C30H26F6N4O8. The Hall–Kier alpha value is -4.97. The number of aliphatic hydroxyl groups is 1. The largest absolute Gasteiger partial charge is 0.491 e. The number of aliphatic hydroxyl groups excluding tert-OH is 1. The summed E-state index contributed by atoms with van der Waals surface area (Å²) in [6.07, 6.45) is -8.22. The second-order valence-corrected chi connectivity index (χ2v) is 11.0. The first-order valence-corrected chi connectivity index (χ1v) is 14.3. The maximum absolute atomic E-state index is 14.0. The van der Waals surface area contributed by atoms with Gasteiger partial charge in [0, 0.05) is 22.7 Å². The Morgan fingerprint density at radius 3 is 2.15 bits per heavy atom. The van der Waals surface area contributed by atoms with Gasteiger partial charge in [0.2, 0.25) is 11.6 Å². The number of ether oxygens (including phenoxy) is 1. The first kappa shape index (κ1) is 34.4. The lowest BCUT2D eigenvalue weighted by Crippen LogP contribution is -2.48. The molecule has 0 radical (unpaired) electrons. The second kappa shape index (κ2) is 13.6. The van der Waals surface area contributed by atoms with E-state index in [0.717, 1.165) is 0 Å². The number of hydrogen-bond acceptors (Lipinski definition) is 10. The van der Waals surface area contributed by atoms with Gasteiger partial charge in [-0.15, -0.1) is 0 Å². The first-order valence-electron chi connectivity index (χ1n) is 14.3. The Kier molecular flexibility index (Phi) is 9.76. The van der Waals surface area contributed by atoms with Gasteiger partial charge in [-0.1, -0.05) is 52.8 Å². The monoisotopic (exact) mass is 684 g/mol. The zero-order valence-corrected chi connectivity index (χ0v) is 24.5. The lowest BCUT2D eigenvalue weighted by Gasteiger charge is -2.36. The lowest BCUT2D eigenvalue weighted by molar-refractivity contribution is -0.192. The van der Waals surface area contributed by atoms with Crippen molar-refractivity contribution in [3.8, 4) is 40.0 Å². The van der Waals surface area contributed by atoms with Crippen LogP contribution in [0.1, 0.15) is 42.9 Å². The van der Waals surface area contributed by atoms with Crippen molar-refractivity contribution in [2.45, 2.75) is 56.2 Å². The number of fused-ring (bicyclic) bond motifs is 1. The van der Waals surface area contributed by atoms with Gasteiger partial charge in [0.15, 0.2) is 0 Å². The average molecular weight is 685 g/mol. The summed E-state index contributed by atoms with van der Waals surface area (Å²) in [6.45, 7) is 0.170. The highest BCUT2D eigenvalue weighted by Crippen LogP contribution is 2.43. The Morgan fingerprint density at radius 1 is 0.875 bits per heavy atom. The summed E-state index contributed by atoms with van der Waals surface area (Å²) in [4.78, 5) is 24.2. The smallest absolute Gasteiger partial charge is 0.490 e. The van der Waals surface area contributed by atoms with Crippen LogP contribution in [0.5, 0.6) is 5.75 Å². The van der Waals surface area contributed by atoms with Gasteiger partial charge in [-0.05, 0) is 31.7 Å². The topological polar surface area (TPSA) is 181 Å². The number of hydrogen-bond donors (Lipinski definition) is 4. The van der Waals surface area contributed by atoms with E-state index < -0.39 is 47.6 Å². The number of alkyl halides is 6. The standard InChI is InChI=1S/C28H25F3N4O6.C2HF3O2/c29-28(30,31)21-22(14-4-2-1-3-5-14)34-40-24(21)26-33-25(35-41-26)16-8-11-18-20(12-16)39-13-19(23(18)36)32-17-9-6-15(7-10-17)27(37)38;3-2(4,5)1(6)7/h1-5,8,11-12,15,17,19,23,32,36H,6-7,9-10,13H2,(H,37,38);(H,6,7). The zero-order chi connectivity index (χ0) is 34.8. The molecule has 2 atom stereocenters. The third kappa shape index (κ3) is 7.60. The molecule has 0 amide bonds. The normalized spacial score (nSPS) is 21.0. The van der Waals surface area contributed by atoms with Gasteiger partial charge in [0.25, 0.3) is 5.89 Å². The van der Waals surface area contributed by atoms with Crippen LogP contribution in [0.15, 0.2) is 57.6 Å². The SMILES string of the molecule is O=C(O)C(F)(F)F.O=C(O)C1CCC(NC2COc3cc(-c4noc(-c5onc(-c6ccccc6)c5C(F)(F)F)n4)ccc3C2O)CC1. The molecule has 2 aromatic carbocycles. The number of nitrogens with zero attached hydrogens (tertiary/aromatic N) is 3. The van der Waals surface area contributed by atoms with Crippen LogP contribution in [0.3, 0.4) is 0 Å². The van der Waals surface area contributed by atoms with E-state index in [1.165, 1.54) is 12.1 Å². The molecule has 48 heavy (non-hydrogen) atoms. The Bertz CT molecular complexity index is 1750. The van der Waals surface area contributed by atoms with Crippen LogP contribution in [0.4, 0.5) is 26.3 Å². The molecular weight excluding hydrogens is 658 g/mol. The second-order valence-electron chi connectivity index (χ2n) is 11.0. The van der Waals surface area contributed by atoms with E-state index in [9.17, 15) is 41.4 Å². The number of halogens is 6.